The van der Waals surface area contributed by atoms with E-state index in [1.165, 1.54) is 12.4 Å². The van der Waals surface area contributed by atoms with Crippen LogP contribution in [0.3, 0.4) is 0 Å². The summed E-state index contributed by atoms with van der Waals surface area (Å²) < 4.78 is 32.1. The van der Waals surface area contributed by atoms with Gasteiger partial charge in [0.1, 0.15) is 17.9 Å². The molecule has 2 aromatic heterocycles. The zero-order valence-electron chi connectivity index (χ0n) is 15.6. The quantitative estimate of drug-likeness (QED) is 0.737. The number of nitrogens with zero attached hydrogens (tertiary/aromatic N) is 3. The standard InChI is InChI=1S/C20H20F2N4O2/c1-11-12(2)28-20-17(11)18(23-10-24-20)26-7-3-4-13(9-26)19(27)25-14-5-6-15(21)16(22)8-14/h5-6,8,10,13H,3-4,7,9H2,1-2H3,(H,25,27). The van der Waals surface area contributed by atoms with Gasteiger partial charge in [0.25, 0.3) is 0 Å². The molecule has 4 rings (SSSR count). The normalized spacial score (nSPS) is 17.1. The first-order valence-electron chi connectivity index (χ1n) is 9.15. The van der Waals surface area contributed by atoms with Crippen molar-refractivity contribution in [1.29, 1.82) is 0 Å². The molecule has 1 fully saturated rings. The van der Waals surface area contributed by atoms with Gasteiger partial charge in [-0.1, -0.05) is 0 Å². The van der Waals surface area contributed by atoms with Crippen LogP contribution in [0.15, 0.2) is 28.9 Å². The lowest BCUT2D eigenvalue weighted by Crippen LogP contribution is -2.41. The third-order valence-electron chi connectivity index (χ3n) is 5.22. The van der Waals surface area contributed by atoms with Gasteiger partial charge in [-0.05, 0) is 38.8 Å². The van der Waals surface area contributed by atoms with E-state index in [-0.39, 0.29) is 17.5 Å². The Balaban J connectivity index is 1.55. The number of fused-ring (bicyclic) bond motifs is 1. The Morgan fingerprint density at radius 1 is 1.25 bits per heavy atom. The van der Waals surface area contributed by atoms with Crippen LogP contribution in [0.2, 0.25) is 0 Å². The van der Waals surface area contributed by atoms with Crippen LogP contribution in [0.25, 0.3) is 11.1 Å². The van der Waals surface area contributed by atoms with Gasteiger partial charge in [0.05, 0.1) is 11.3 Å². The van der Waals surface area contributed by atoms with Crippen LogP contribution in [0, 0.1) is 31.4 Å². The molecule has 1 saturated heterocycles. The Morgan fingerprint density at radius 3 is 2.86 bits per heavy atom. The lowest BCUT2D eigenvalue weighted by molar-refractivity contribution is -0.120. The van der Waals surface area contributed by atoms with Crippen molar-refractivity contribution in [2.24, 2.45) is 5.92 Å². The molecule has 8 heteroatoms. The number of hydrogen-bond acceptors (Lipinski definition) is 5. The van der Waals surface area contributed by atoms with E-state index in [1.54, 1.807) is 0 Å². The number of aromatic nitrogens is 2. The summed E-state index contributed by atoms with van der Waals surface area (Å²) in [6, 6.07) is 3.33. The molecule has 0 spiro atoms. The molecule has 1 N–H and O–H groups in total. The van der Waals surface area contributed by atoms with Crippen LogP contribution < -0.4 is 10.2 Å². The van der Waals surface area contributed by atoms with E-state index in [0.29, 0.717) is 18.7 Å². The smallest absolute Gasteiger partial charge is 0.231 e. The van der Waals surface area contributed by atoms with Gasteiger partial charge < -0.3 is 14.6 Å². The number of aryl methyl sites for hydroxylation is 2. The van der Waals surface area contributed by atoms with Gasteiger partial charge in [0.2, 0.25) is 11.6 Å². The Morgan fingerprint density at radius 2 is 2.07 bits per heavy atom. The number of carbonyl (C=O) groups excluding carboxylic acids is 1. The van der Waals surface area contributed by atoms with Crippen LogP contribution in [-0.2, 0) is 4.79 Å². The number of carbonyl (C=O) groups is 1. The van der Waals surface area contributed by atoms with Gasteiger partial charge in [-0.15, -0.1) is 0 Å². The SMILES string of the molecule is Cc1oc2ncnc(N3CCCC(C(=O)Nc4ccc(F)c(F)c4)C3)c2c1C. The lowest BCUT2D eigenvalue weighted by Gasteiger charge is -2.33. The van der Waals surface area contributed by atoms with Crippen molar-refractivity contribution in [2.75, 3.05) is 23.3 Å². The predicted octanol–water partition coefficient (Wildman–Crippen LogP) is 3.97. The molecule has 0 bridgehead atoms. The number of nitrogens with one attached hydrogen (secondary N) is 1. The fourth-order valence-corrected chi connectivity index (χ4v) is 3.61. The first-order chi connectivity index (χ1) is 13.4. The number of piperidine rings is 1. The van der Waals surface area contributed by atoms with Crippen molar-refractivity contribution in [3.8, 4) is 0 Å². The number of anilines is 2. The summed E-state index contributed by atoms with van der Waals surface area (Å²) in [6.07, 6.45) is 2.99. The minimum Gasteiger partial charge on any atom is -0.443 e. The molecule has 146 valence electrons. The Labute approximate surface area is 160 Å². The van der Waals surface area contributed by atoms with Crippen molar-refractivity contribution in [1.82, 2.24) is 9.97 Å². The summed E-state index contributed by atoms with van der Waals surface area (Å²) in [4.78, 5) is 23.4. The zero-order valence-corrected chi connectivity index (χ0v) is 15.6. The molecular formula is C20H20F2N4O2. The highest BCUT2D eigenvalue weighted by Crippen LogP contribution is 2.32. The second kappa shape index (κ2) is 7.18. The average molecular weight is 386 g/mol. The maximum absolute atomic E-state index is 13.4. The minimum absolute atomic E-state index is 0.221. The lowest BCUT2D eigenvalue weighted by atomic mass is 9.96. The number of benzene rings is 1. The highest BCUT2D eigenvalue weighted by Gasteiger charge is 2.29. The molecule has 1 atom stereocenters. The molecule has 0 radical (unpaired) electrons. The highest BCUT2D eigenvalue weighted by molar-refractivity contribution is 5.94. The van der Waals surface area contributed by atoms with Gasteiger partial charge >= 0.3 is 0 Å². The van der Waals surface area contributed by atoms with E-state index >= 15 is 0 Å². The largest absolute Gasteiger partial charge is 0.443 e. The number of furan rings is 1. The molecule has 1 amide bonds. The van der Waals surface area contributed by atoms with Crippen LogP contribution in [-0.4, -0.2) is 29.0 Å². The Hall–Kier alpha value is -3.03. The van der Waals surface area contributed by atoms with Crippen LogP contribution in [0.5, 0.6) is 0 Å². The molecule has 1 unspecified atom stereocenters. The van der Waals surface area contributed by atoms with Gasteiger partial charge in [0, 0.05) is 30.4 Å². The predicted molar refractivity (Wildman–Crippen MR) is 101 cm³/mol. The number of hydrogen-bond donors (Lipinski definition) is 1. The van der Waals surface area contributed by atoms with E-state index in [2.05, 4.69) is 20.2 Å². The van der Waals surface area contributed by atoms with E-state index in [1.807, 2.05) is 13.8 Å². The molecule has 3 heterocycles. The molecular weight excluding hydrogens is 366 g/mol. The third kappa shape index (κ3) is 3.30. The summed E-state index contributed by atoms with van der Waals surface area (Å²) in [5.41, 5.74) is 1.76. The number of halogens is 2. The molecule has 6 nitrogen and oxygen atoms in total. The van der Waals surface area contributed by atoms with Crippen molar-refractivity contribution >= 4 is 28.5 Å². The van der Waals surface area contributed by atoms with Crippen LogP contribution in [0.4, 0.5) is 20.3 Å². The molecule has 1 aliphatic rings. The monoisotopic (exact) mass is 386 g/mol. The topological polar surface area (TPSA) is 71.3 Å². The summed E-state index contributed by atoms with van der Waals surface area (Å²) in [7, 11) is 0. The molecule has 1 aliphatic heterocycles. The number of rotatable bonds is 3. The van der Waals surface area contributed by atoms with Crippen LogP contribution in [0.1, 0.15) is 24.2 Å². The molecule has 0 aliphatic carbocycles. The van der Waals surface area contributed by atoms with Crippen molar-refractivity contribution in [2.45, 2.75) is 26.7 Å². The second-order valence-electron chi connectivity index (χ2n) is 7.06. The zero-order chi connectivity index (χ0) is 19.8. The Kier molecular flexibility index (Phi) is 4.70. The van der Waals surface area contributed by atoms with Gasteiger partial charge in [-0.2, -0.15) is 0 Å². The fourth-order valence-electron chi connectivity index (χ4n) is 3.61. The average Bonchev–Trinajstić information content (AvgIpc) is 2.99. The van der Waals surface area contributed by atoms with Gasteiger partial charge in [-0.3, -0.25) is 4.79 Å². The molecule has 1 aromatic carbocycles. The van der Waals surface area contributed by atoms with Gasteiger partial charge in [0.15, 0.2) is 11.6 Å². The summed E-state index contributed by atoms with van der Waals surface area (Å²) in [6.45, 7) is 5.09. The van der Waals surface area contributed by atoms with E-state index in [0.717, 1.165) is 47.6 Å². The first kappa shape index (κ1) is 18.3. The highest BCUT2D eigenvalue weighted by atomic mass is 19.2. The van der Waals surface area contributed by atoms with Crippen molar-refractivity contribution < 1.29 is 18.0 Å². The molecule has 3 aromatic rings. The molecule has 28 heavy (non-hydrogen) atoms. The van der Waals surface area contributed by atoms with E-state index in [4.69, 9.17) is 4.42 Å². The maximum atomic E-state index is 13.4. The van der Waals surface area contributed by atoms with Gasteiger partial charge in [-0.25, -0.2) is 18.7 Å². The third-order valence-corrected chi connectivity index (χ3v) is 5.22. The second-order valence-corrected chi connectivity index (χ2v) is 7.06. The summed E-state index contributed by atoms with van der Waals surface area (Å²) in [5, 5.41) is 3.54. The first-order valence-corrected chi connectivity index (χ1v) is 9.15. The summed E-state index contributed by atoms with van der Waals surface area (Å²) >= 11 is 0. The minimum atomic E-state index is -0.989. The summed E-state index contributed by atoms with van der Waals surface area (Å²) in [5.74, 6) is -0.898. The van der Waals surface area contributed by atoms with E-state index in [9.17, 15) is 13.6 Å². The number of amides is 1. The fraction of sp³-hybridized carbons (Fsp3) is 0.350. The van der Waals surface area contributed by atoms with Crippen LogP contribution >= 0.6 is 0 Å². The maximum Gasteiger partial charge on any atom is 0.231 e. The Bertz CT molecular complexity index is 1050. The van der Waals surface area contributed by atoms with Crippen molar-refractivity contribution in [3.63, 3.8) is 0 Å². The molecule has 0 saturated carbocycles. The van der Waals surface area contributed by atoms with Crippen molar-refractivity contribution in [3.05, 3.63) is 47.5 Å². The van der Waals surface area contributed by atoms with E-state index < -0.39 is 11.6 Å².